The van der Waals surface area contributed by atoms with Gasteiger partial charge in [0.05, 0.1) is 0 Å². The first kappa shape index (κ1) is 9.69. The average Bonchev–Trinajstić information content (AvgIpc) is 1.77. The summed E-state index contributed by atoms with van der Waals surface area (Å²) in [6.07, 6.45) is 5.85. The third kappa shape index (κ3) is 3.40. The van der Waals surface area contributed by atoms with Crippen molar-refractivity contribution < 1.29 is 5.48 Å². The van der Waals surface area contributed by atoms with Gasteiger partial charge in [0.15, 0.2) is 0 Å². The molecule has 2 heteroatoms. The molecule has 56 valence electrons. The van der Waals surface area contributed by atoms with Crippen molar-refractivity contribution in [1.82, 2.24) is 0 Å². The number of hydrogen-bond donors (Lipinski definition) is 0. The molecule has 0 saturated heterocycles. The second-order valence-electron chi connectivity index (χ2n) is 2.86. The third-order valence-corrected chi connectivity index (χ3v) is 3.19. The minimum Gasteiger partial charge on any atom is -0.412 e. The summed E-state index contributed by atoms with van der Waals surface area (Å²) in [4.78, 5) is 0. The van der Waals surface area contributed by atoms with E-state index in [0.29, 0.717) is 0 Å². The van der Waals surface area contributed by atoms with Crippen molar-refractivity contribution in [2.75, 3.05) is 0 Å². The molecule has 9 heavy (non-hydrogen) atoms. The van der Waals surface area contributed by atoms with Gasteiger partial charge in [0.1, 0.15) is 0 Å². The van der Waals surface area contributed by atoms with E-state index in [0.717, 1.165) is 9.84 Å². The van der Waals surface area contributed by atoms with Crippen LogP contribution in [0.2, 0.25) is 0 Å². The van der Waals surface area contributed by atoms with E-state index in [9.17, 15) is 0 Å². The molecule has 1 aliphatic carbocycles. The lowest BCUT2D eigenvalue weighted by molar-refractivity contribution is 0.400. The zero-order valence-corrected chi connectivity index (χ0v) is 8.02. The van der Waals surface area contributed by atoms with Gasteiger partial charge < -0.3 is 5.48 Å². The summed E-state index contributed by atoms with van der Waals surface area (Å²) in [5.41, 5.74) is 0. The maximum atomic E-state index is 2.57. The van der Waals surface area contributed by atoms with Crippen molar-refractivity contribution in [1.29, 1.82) is 0 Å². The smallest absolute Gasteiger partial charge is 0.0110 e. The van der Waals surface area contributed by atoms with Crippen molar-refractivity contribution in [3.8, 4) is 0 Å². The first-order valence-corrected chi connectivity index (χ1v) is 4.67. The van der Waals surface area contributed by atoms with Crippen LogP contribution < -0.4 is 0 Å². The topological polar surface area (TPSA) is 31.5 Å². The van der Waals surface area contributed by atoms with Crippen molar-refractivity contribution in [3.05, 3.63) is 0 Å². The normalized spacial score (nSPS) is 35.3. The minimum absolute atomic E-state index is 0. The van der Waals surface area contributed by atoms with Gasteiger partial charge in [-0.2, -0.15) is 0 Å². The second-order valence-corrected chi connectivity index (χ2v) is 4.62. The van der Waals surface area contributed by atoms with E-state index in [1.807, 2.05) is 0 Å². The molecule has 1 nitrogen and oxygen atoms in total. The zero-order valence-electron chi connectivity index (χ0n) is 5.86. The van der Waals surface area contributed by atoms with Gasteiger partial charge in [-0.05, 0) is 31.6 Å². The summed E-state index contributed by atoms with van der Waals surface area (Å²) in [7, 11) is 0. The van der Waals surface area contributed by atoms with Gasteiger partial charge in [0.2, 0.25) is 0 Å². The summed E-state index contributed by atoms with van der Waals surface area (Å²) in [6, 6.07) is 0. The van der Waals surface area contributed by atoms with E-state index in [-0.39, 0.29) is 5.48 Å². The summed E-state index contributed by atoms with van der Waals surface area (Å²) >= 11 is 2.57. The molecular weight excluding hydrogens is 227 g/mol. The van der Waals surface area contributed by atoms with Gasteiger partial charge in [0.25, 0.3) is 0 Å². The van der Waals surface area contributed by atoms with Crippen molar-refractivity contribution in [2.45, 2.75) is 36.5 Å². The number of rotatable bonds is 0. The lowest BCUT2D eigenvalue weighted by Gasteiger charge is -2.21. The van der Waals surface area contributed by atoms with E-state index in [1.54, 1.807) is 0 Å². The summed E-state index contributed by atoms with van der Waals surface area (Å²) in [5, 5.41) is 0. The Bertz CT molecular complexity index is 57.3. The monoisotopic (exact) mass is 242 g/mol. The van der Waals surface area contributed by atoms with Crippen LogP contribution in [0.4, 0.5) is 0 Å². The third-order valence-electron chi connectivity index (χ3n) is 1.95. The van der Waals surface area contributed by atoms with E-state index >= 15 is 0 Å². The predicted molar refractivity (Wildman–Crippen MR) is 49.1 cm³/mol. The quantitative estimate of drug-likeness (QED) is 0.460. The number of alkyl halides is 1. The van der Waals surface area contributed by atoms with Crippen LogP contribution in [-0.4, -0.2) is 9.40 Å². The molecule has 0 heterocycles. The first-order chi connectivity index (χ1) is 3.79. The molecule has 0 aromatic rings. The van der Waals surface area contributed by atoms with Crippen LogP contribution in [0.25, 0.3) is 0 Å². The Balaban J connectivity index is 0.000000640. The first-order valence-electron chi connectivity index (χ1n) is 3.43. The Hall–Kier alpha value is 0.690. The molecule has 0 atom stereocenters. The van der Waals surface area contributed by atoms with Crippen LogP contribution >= 0.6 is 22.6 Å². The van der Waals surface area contributed by atoms with Gasteiger partial charge in [-0.1, -0.05) is 29.5 Å². The van der Waals surface area contributed by atoms with Crippen molar-refractivity contribution in [3.63, 3.8) is 0 Å². The molecule has 1 aliphatic rings. The minimum atomic E-state index is 0. The van der Waals surface area contributed by atoms with Crippen LogP contribution in [0.15, 0.2) is 0 Å². The highest BCUT2D eigenvalue weighted by Gasteiger charge is 2.14. The van der Waals surface area contributed by atoms with Crippen LogP contribution in [0.5, 0.6) is 0 Å². The van der Waals surface area contributed by atoms with Gasteiger partial charge in [-0.25, -0.2) is 0 Å². The summed E-state index contributed by atoms with van der Waals surface area (Å²) in [5.74, 6) is 1.01. The Labute approximate surface area is 70.7 Å². The summed E-state index contributed by atoms with van der Waals surface area (Å²) < 4.78 is 0.990. The highest BCUT2D eigenvalue weighted by atomic mass is 127. The molecule has 0 aromatic carbocycles. The van der Waals surface area contributed by atoms with Gasteiger partial charge >= 0.3 is 0 Å². The van der Waals surface area contributed by atoms with Crippen LogP contribution in [0.1, 0.15) is 32.6 Å². The van der Waals surface area contributed by atoms with E-state index < -0.39 is 0 Å². The lowest BCUT2D eigenvalue weighted by atomic mass is 9.91. The van der Waals surface area contributed by atoms with Crippen LogP contribution in [0, 0.1) is 5.92 Å². The Morgan fingerprint density at radius 1 is 1.11 bits per heavy atom. The molecule has 0 radical (unpaired) electrons. The van der Waals surface area contributed by atoms with Gasteiger partial charge in [0, 0.05) is 3.92 Å². The SMILES string of the molecule is CC1CCC(I)CC1.O. The molecule has 0 unspecified atom stereocenters. The van der Waals surface area contributed by atoms with Crippen molar-refractivity contribution in [2.24, 2.45) is 5.92 Å². The van der Waals surface area contributed by atoms with Crippen LogP contribution in [0.3, 0.4) is 0 Å². The fraction of sp³-hybridized carbons (Fsp3) is 1.00. The molecule has 0 bridgehead atoms. The molecular formula is C7H15IO. The molecule has 0 aliphatic heterocycles. The van der Waals surface area contributed by atoms with Gasteiger partial charge in [-0.15, -0.1) is 0 Å². The Morgan fingerprint density at radius 3 is 1.89 bits per heavy atom. The number of hydrogen-bond acceptors (Lipinski definition) is 0. The van der Waals surface area contributed by atoms with E-state index in [4.69, 9.17) is 0 Å². The molecule has 2 N–H and O–H groups in total. The fourth-order valence-corrected chi connectivity index (χ4v) is 1.94. The zero-order chi connectivity index (χ0) is 5.98. The lowest BCUT2D eigenvalue weighted by Crippen LogP contribution is -2.10. The summed E-state index contributed by atoms with van der Waals surface area (Å²) in [6.45, 7) is 2.36. The molecule has 1 saturated carbocycles. The standard InChI is InChI=1S/C7H13I.H2O/c1-6-2-4-7(8)5-3-6;/h6-7H,2-5H2,1H3;1H2. The molecule has 1 rings (SSSR count). The largest absolute Gasteiger partial charge is 0.412 e. The molecule has 0 amide bonds. The van der Waals surface area contributed by atoms with Crippen LogP contribution in [-0.2, 0) is 0 Å². The maximum Gasteiger partial charge on any atom is 0.0110 e. The predicted octanol–water partition coefficient (Wildman–Crippen LogP) is 2.18. The molecule has 0 spiro atoms. The maximum absolute atomic E-state index is 2.57. The van der Waals surface area contributed by atoms with Gasteiger partial charge in [-0.3, -0.25) is 0 Å². The molecule has 0 aromatic heterocycles. The average molecular weight is 242 g/mol. The highest BCUT2D eigenvalue weighted by Crippen LogP contribution is 2.27. The molecule has 1 fully saturated rings. The van der Waals surface area contributed by atoms with E-state index in [2.05, 4.69) is 29.5 Å². The van der Waals surface area contributed by atoms with E-state index in [1.165, 1.54) is 25.7 Å². The highest BCUT2D eigenvalue weighted by molar-refractivity contribution is 14.1. The Morgan fingerprint density at radius 2 is 1.56 bits per heavy atom. The fourth-order valence-electron chi connectivity index (χ4n) is 1.22. The second kappa shape index (κ2) is 4.50. The number of halogens is 1. The van der Waals surface area contributed by atoms with Crippen molar-refractivity contribution >= 4 is 22.6 Å². The Kier molecular flexibility index (Phi) is 4.84.